The fraction of sp³-hybridized carbons (Fsp3) is 0.757. The smallest absolute Gasteiger partial charge is 0.0639 e. The maximum Gasteiger partial charge on any atom is 0.0639 e. The molecule has 0 saturated carbocycles. The van der Waals surface area contributed by atoms with Crippen LogP contribution >= 0.6 is 0 Å². The van der Waals surface area contributed by atoms with E-state index in [9.17, 15) is 0 Å². The van der Waals surface area contributed by atoms with Gasteiger partial charge in [-0.15, -0.1) is 0 Å². The van der Waals surface area contributed by atoms with Crippen molar-refractivity contribution in [2.45, 2.75) is 361 Å². The number of aliphatic imine (C=N–C) groups is 2. The van der Waals surface area contributed by atoms with Gasteiger partial charge >= 0.3 is 0 Å². The third-order valence-electron chi connectivity index (χ3n) is 16.2. The molecule has 0 spiro atoms. The van der Waals surface area contributed by atoms with Gasteiger partial charge in [0.15, 0.2) is 0 Å². The van der Waals surface area contributed by atoms with Crippen molar-refractivity contribution >= 4 is 35.5 Å². The first-order valence-corrected chi connectivity index (χ1v) is 34.4. The summed E-state index contributed by atoms with van der Waals surface area (Å²) in [6.07, 6.45) is 85.6. The molecule has 0 aromatic heterocycles. The average Bonchev–Trinajstić information content (AvgIpc) is 3.43. The standard InChI is InChI=1S/C74H128N2.Pd/c1-4-7-10-13-16-18-20-22-24-26-28-30-32-34-36-38-40-42-44-46-48-50-52-55-60-70-62-58-65-72(67-70)75-69-74(64-57-54-15-12-9-6-3)76-73-66-59-63-71(68-73)61-56-53-51-49-47-45-43-41-39-37-35-33-31-29-27-25-23-21-19-17-14-11-8-5-2;/h55-56,58-63,65-69H,4-54,57,64H2,1-3H3;. The second-order valence-electron chi connectivity index (χ2n) is 23.8. The molecule has 0 aliphatic heterocycles. The average molecular weight is 1150 g/mol. The first-order chi connectivity index (χ1) is 37.7. The van der Waals surface area contributed by atoms with E-state index >= 15 is 0 Å². The summed E-state index contributed by atoms with van der Waals surface area (Å²) in [5.41, 5.74) is 5.61. The molecule has 3 heteroatoms. The molecule has 77 heavy (non-hydrogen) atoms. The van der Waals surface area contributed by atoms with E-state index in [4.69, 9.17) is 9.98 Å². The normalized spacial score (nSPS) is 12.1. The number of rotatable bonds is 58. The van der Waals surface area contributed by atoms with Crippen molar-refractivity contribution in [3.8, 4) is 0 Å². The predicted octanol–water partition coefficient (Wildman–Crippen LogP) is 26.9. The van der Waals surface area contributed by atoms with Gasteiger partial charge in [-0.2, -0.15) is 0 Å². The van der Waals surface area contributed by atoms with Crippen molar-refractivity contribution in [2.24, 2.45) is 9.98 Å². The van der Waals surface area contributed by atoms with Crippen LogP contribution in [0, 0.1) is 0 Å². The van der Waals surface area contributed by atoms with E-state index in [-0.39, 0.29) is 20.4 Å². The molecule has 0 saturated heterocycles. The molecule has 2 nitrogen and oxygen atoms in total. The summed E-state index contributed by atoms with van der Waals surface area (Å²) in [6, 6.07) is 17.5. The molecule has 0 aliphatic carbocycles. The number of nitrogens with zero attached hydrogens (tertiary/aromatic N) is 2. The fourth-order valence-electron chi connectivity index (χ4n) is 11.1. The van der Waals surface area contributed by atoms with Crippen LogP contribution < -0.4 is 0 Å². The molecule has 0 aliphatic rings. The Morgan fingerprint density at radius 3 is 0.883 bits per heavy atom. The predicted molar refractivity (Wildman–Crippen MR) is 348 cm³/mol. The summed E-state index contributed by atoms with van der Waals surface area (Å²) < 4.78 is 0. The minimum atomic E-state index is 0. The van der Waals surface area contributed by atoms with Crippen LogP contribution in [0.2, 0.25) is 0 Å². The number of allylic oxidation sites excluding steroid dienone is 2. The van der Waals surface area contributed by atoms with Crippen LogP contribution in [0.5, 0.6) is 0 Å². The van der Waals surface area contributed by atoms with Crippen LogP contribution in [-0.2, 0) is 20.4 Å². The second-order valence-corrected chi connectivity index (χ2v) is 23.8. The zero-order valence-corrected chi connectivity index (χ0v) is 53.2. The Balaban J connectivity index is 0.0000296. The van der Waals surface area contributed by atoms with Crippen molar-refractivity contribution in [3.63, 3.8) is 0 Å². The Bertz CT molecular complexity index is 1620. The number of unbranched alkanes of at least 4 members (excludes halogenated alkanes) is 49. The van der Waals surface area contributed by atoms with Crippen molar-refractivity contribution in [1.82, 2.24) is 0 Å². The van der Waals surface area contributed by atoms with E-state index in [0.717, 1.165) is 42.8 Å². The van der Waals surface area contributed by atoms with Gasteiger partial charge in [-0.05, 0) is 73.9 Å². The summed E-state index contributed by atoms with van der Waals surface area (Å²) >= 11 is 0. The van der Waals surface area contributed by atoms with Gasteiger partial charge in [0.05, 0.1) is 17.1 Å². The summed E-state index contributed by atoms with van der Waals surface area (Å²) in [5.74, 6) is 0. The fourth-order valence-corrected chi connectivity index (χ4v) is 11.1. The quantitative estimate of drug-likeness (QED) is 0.0358. The molecule has 444 valence electrons. The molecule has 2 aromatic carbocycles. The summed E-state index contributed by atoms with van der Waals surface area (Å²) in [7, 11) is 0. The Hall–Kier alpha value is -2.08. The van der Waals surface area contributed by atoms with Crippen LogP contribution in [0.3, 0.4) is 0 Å². The van der Waals surface area contributed by atoms with Crippen molar-refractivity contribution in [1.29, 1.82) is 0 Å². The van der Waals surface area contributed by atoms with E-state index in [2.05, 4.69) is 93.6 Å². The van der Waals surface area contributed by atoms with Crippen molar-refractivity contribution in [2.75, 3.05) is 0 Å². The minimum Gasteiger partial charge on any atom is -0.255 e. The first kappa shape index (κ1) is 72.9. The van der Waals surface area contributed by atoms with Crippen LogP contribution in [0.4, 0.5) is 11.4 Å². The molecule has 0 fully saturated rings. The Kier molecular flexibility index (Phi) is 56.9. The Morgan fingerprint density at radius 1 is 0.312 bits per heavy atom. The van der Waals surface area contributed by atoms with Gasteiger partial charge in [-0.3, -0.25) is 9.98 Å². The molecule has 2 aromatic rings. The van der Waals surface area contributed by atoms with Gasteiger partial charge in [-0.1, -0.05) is 371 Å². The molecule has 0 atom stereocenters. The van der Waals surface area contributed by atoms with Crippen LogP contribution in [-0.4, -0.2) is 11.9 Å². The van der Waals surface area contributed by atoms with Gasteiger partial charge in [0, 0.05) is 26.6 Å². The molecule has 0 amide bonds. The Morgan fingerprint density at radius 2 is 0.571 bits per heavy atom. The monoisotopic (exact) mass is 1150 g/mol. The van der Waals surface area contributed by atoms with Gasteiger partial charge in [0.25, 0.3) is 0 Å². The number of hydrogen-bond acceptors (Lipinski definition) is 2. The van der Waals surface area contributed by atoms with Gasteiger partial charge < -0.3 is 0 Å². The van der Waals surface area contributed by atoms with E-state index in [1.54, 1.807) is 0 Å². The molecule has 0 unspecified atom stereocenters. The van der Waals surface area contributed by atoms with Crippen LogP contribution in [0.1, 0.15) is 372 Å². The summed E-state index contributed by atoms with van der Waals surface area (Å²) in [5, 5.41) is 0. The van der Waals surface area contributed by atoms with Crippen molar-refractivity contribution in [3.05, 3.63) is 71.8 Å². The van der Waals surface area contributed by atoms with Gasteiger partial charge in [-0.25, -0.2) is 0 Å². The zero-order chi connectivity index (χ0) is 54.0. The van der Waals surface area contributed by atoms with Gasteiger partial charge in [0.2, 0.25) is 0 Å². The molecule has 0 bridgehead atoms. The number of benzene rings is 2. The molecular formula is C74H128N2Pd. The zero-order valence-electron chi connectivity index (χ0n) is 51.7. The SMILES string of the molecule is CCCCCCCCCCCCCCCCCCCCCCCCC=Cc1cccc(N=CC(CCCCCCCC)=Nc2cccc(C=CCCCCCCCCCCCCCCCCCCCCCCCC)c2)c1.[Pd]. The first-order valence-electron chi connectivity index (χ1n) is 34.4. The largest absolute Gasteiger partial charge is 0.255 e. The number of hydrogen-bond donors (Lipinski definition) is 0. The van der Waals surface area contributed by atoms with Crippen LogP contribution in [0.15, 0.2) is 70.7 Å². The van der Waals surface area contributed by atoms with Crippen molar-refractivity contribution < 1.29 is 20.4 Å². The minimum absolute atomic E-state index is 0. The maximum absolute atomic E-state index is 5.19. The third-order valence-corrected chi connectivity index (χ3v) is 16.2. The van der Waals surface area contributed by atoms with Gasteiger partial charge in [0.1, 0.15) is 0 Å². The molecular weight excluding hydrogens is 1020 g/mol. The second kappa shape index (κ2) is 60.0. The van der Waals surface area contributed by atoms with E-state index in [1.165, 1.54) is 326 Å². The third kappa shape index (κ3) is 50.6. The Labute approximate surface area is 495 Å². The molecule has 2 rings (SSSR count). The topological polar surface area (TPSA) is 24.7 Å². The molecule has 0 heterocycles. The molecule has 0 radical (unpaired) electrons. The maximum atomic E-state index is 5.19. The molecule has 0 N–H and O–H groups in total. The van der Waals surface area contributed by atoms with E-state index in [1.807, 2.05) is 6.21 Å². The van der Waals surface area contributed by atoms with Crippen LogP contribution in [0.25, 0.3) is 12.2 Å². The van der Waals surface area contributed by atoms with E-state index in [0.29, 0.717) is 0 Å². The van der Waals surface area contributed by atoms with E-state index < -0.39 is 0 Å². The summed E-state index contributed by atoms with van der Waals surface area (Å²) in [6.45, 7) is 6.91. The summed E-state index contributed by atoms with van der Waals surface area (Å²) in [4.78, 5) is 10.2.